The van der Waals surface area contributed by atoms with Gasteiger partial charge in [-0.3, -0.25) is 4.79 Å². The van der Waals surface area contributed by atoms with Crippen molar-refractivity contribution in [2.45, 2.75) is 44.9 Å². The number of aromatic nitrogens is 3. The summed E-state index contributed by atoms with van der Waals surface area (Å²) in [5, 5.41) is 3.26. The summed E-state index contributed by atoms with van der Waals surface area (Å²) in [6.07, 6.45) is 1.70. The summed E-state index contributed by atoms with van der Waals surface area (Å²) in [5.41, 5.74) is 1.45. The number of anilines is 2. The molecule has 168 valence electrons. The van der Waals surface area contributed by atoms with Crippen molar-refractivity contribution < 1.29 is 22.4 Å². The third-order valence-corrected chi connectivity index (χ3v) is 5.63. The van der Waals surface area contributed by atoms with E-state index in [1.165, 1.54) is 18.5 Å². The van der Waals surface area contributed by atoms with Gasteiger partial charge >= 0.3 is 6.18 Å². The second-order valence-corrected chi connectivity index (χ2v) is 7.76. The van der Waals surface area contributed by atoms with Gasteiger partial charge in [-0.2, -0.15) is 13.2 Å². The van der Waals surface area contributed by atoms with Gasteiger partial charge in [-0.15, -0.1) is 0 Å². The lowest BCUT2D eigenvalue weighted by Crippen LogP contribution is -2.50. The molecule has 0 amide bonds. The zero-order chi connectivity index (χ0) is 22.9. The van der Waals surface area contributed by atoms with Crippen molar-refractivity contribution in [2.24, 2.45) is 0 Å². The topological polar surface area (TPSA) is 84.1 Å². The quantitative estimate of drug-likeness (QED) is 0.568. The monoisotopic (exact) mass is 445 g/mol. The van der Waals surface area contributed by atoms with Crippen LogP contribution in [0.2, 0.25) is 0 Å². The fourth-order valence-corrected chi connectivity index (χ4v) is 4.07. The van der Waals surface area contributed by atoms with Crippen LogP contribution >= 0.6 is 0 Å². The van der Waals surface area contributed by atoms with Gasteiger partial charge in [-0.05, 0) is 44.9 Å². The van der Waals surface area contributed by atoms with E-state index in [0.717, 1.165) is 37.3 Å². The van der Waals surface area contributed by atoms with Gasteiger partial charge in [0, 0.05) is 30.5 Å². The van der Waals surface area contributed by atoms with Crippen molar-refractivity contribution in [3.8, 4) is 11.5 Å². The third-order valence-electron chi connectivity index (χ3n) is 5.63. The lowest BCUT2D eigenvalue weighted by atomic mass is 9.95. The van der Waals surface area contributed by atoms with Crippen LogP contribution in [0.1, 0.15) is 41.5 Å². The first kappa shape index (κ1) is 21.8. The molecule has 3 aromatic rings. The van der Waals surface area contributed by atoms with Gasteiger partial charge in [0.1, 0.15) is 17.8 Å². The molecule has 2 atom stereocenters. The summed E-state index contributed by atoms with van der Waals surface area (Å²) < 4.78 is 43.9. The number of hydrogen-bond donors (Lipinski definition) is 1. The minimum absolute atomic E-state index is 0.0529. The van der Waals surface area contributed by atoms with Crippen molar-refractivity contribution in [1.82, 2.24) is 15.0 Å². The Balaban J connectivity index is 1.63. The van der Waals surface area contributed by atoms with Gasteiger partial charge in [0.05, 0.1) is 23.0 Å². The Bertz CT molecular complexity index is 1080. The molecule has 1 aliphatic heterocycles. The number of piperidine rings is 1. The van der Waals surface area contributed by atoms with Gasteiger partial charge in [0.15, 0.2) is 6.29 Å². The number of nitrogens with zero attached hydrogens (tertiary/aromatic N) is 4. The normalized spacial score (nSPS) is 19.1. The molecule has 4 heterocycles. The van der Waals surface area contributed by atoms with Crippen LogP contribution in [-0.2, 0) is 6.18 Å². The number of carbonyl (C=O) groups is 1. The molecule has 0 bridgehead atoms. The SMILES string of the molecule is Cc1cc(N2CCC[C@@H](Nc3ccc(C(F)(F)F)cn3)[C@@H]2C)c(-c2ncco2)c(C=O)n1. The maximum absolute atomic E-state index is 12.8. The Labute approximate surface area is 182 Å². The Morgan fingerprint density at radius 2 is 2.09 bits per heavy atom. The zero-order valence-electron chi connectivity index (χ0n) is 17.6. The van der Waals surface area contributed by atoms with E-state index in [1.54, 1.807) is 0 Å². The van der Waals surface area contributed by atoms with Crippen LogP contribution in [-0.4, -0.2) is 39.9 Å². The first-order chi connectivity index (χ1) is 15.3. The fourth-order valence-electron chi connectivity index (χ4n) is 4.07. The number of pyridine rings is 2. The van der Waals surface area contributed by atoms with Crippen molar-refractivity contribution in [1.29, 1.82) is 0 Å². The molecule has 0 unspecified atom stereocenters. The smallest absolute Gasteiger partial charge is 0.417 e. The number of aldehydes is 1. The summed E-state index contributed by atoms with van der Waals surface area (Å²) in [4.78, 5) is 26.4. The average Bonchev–Trinajstić information content (AvgIpc) is 3.28. The summed E-state index contributed by atoms with van der Waals surface area (Å²) in [7, 11) is 0. The minimum atomic E-state index is -4.42. The molecule has 0 saturated carbocycles. The molecule has 10 heteroatoms. The van der Waals surface area contributed by atoms with Crippen molar-refractivity contribution >= 4 is 17.8 Å². The highest BCUT2D eigenvalue weighted by atomic mass is 19.4. The molecule has 1 N–H and O–H groups in total. The number of hydrogen-bond acceptors (Lipinski definition) is 7. The fraction of sp³-hybridized carbons (Fsp3) is 0.364. The first-order valence-corrected chi connectivity index (χ1v) is 10.2. The molecule has 0 aliphatic carbocycles. The summed E-state index contributed by atoms with van der Waals surface area (Å²) >= 11 is 0. The highest BCUT2D eigenvalue weighted by Gasteiger charge is 2.33. The maximum Gasteiger partial charge on any atom is 0.417 e. The molecule has 32 heavy (non-hydrogen) atoms. The van der Waals surface area contributed by atoms with Crippen LogP contribution in [0, 0.1) is 6.92 Å². The largest absolute Gasteiger partial charge is 0.444 e. The van der Waals surface area contributed by atoms with E-state index in [2.05, 4.69) is 25.2 Å². The number of carbonyl (C=O) groups excluding carboxylic acids is 1. The number of aryl methyl sites for hydroxylation is 1. The number of nitrogens with one attached hydrogen (secondary N) is 1. The predicted octanol–water partition coefficient (Wildman–Crippen LogP) is 4.74. The van der Waals surface area contributed by atoms with E-state index in [0.29, 0.717) is 29.3 Å². The van der Waals surface area contributed by atoms with E-state index in [-0.39, 0.29) is 17.8 Å². The van der Waals surface area contributed by atoms with E-state index in [9.17, 15) is 18.0 Å². The van der Waals surface area contributed by atoms with E-state index in [1.807, 2.05) is 19.9 Å². The van der Waals surface area contributed by atoms with Crippen LogP contribution in [0.15, 0.2) is 41.3 Å². The molecule has 1 fully saturated rings. The Hall–Kier alpha value is -3.43. The summed E-state index contributed by atoms with van der Waals surface area (Å²) in [6.45, 7) is 4.57. The Morgan fingerprint density at radius 3 is 2.72 bits per heavy atom. The molecule has 1 saturated heterocycles. The lowest BCUT2D eigenvalue weighted by Gasteiger charge is -2.42. The minimum Gasteiger partial charge on any atom is -0.444 e. The van der Waals surface area contributed by atoms with Gasteiger partial charge in [-0.1, -0.05) is 0 Å². The molecule has 7 nitrogen and oxygen atoms in total. The lowest BCUT2D eigenvalue weighted by molar-refractivity contribution is -0.137. The highest BCUT2D eigenvalue weighted by molar-refractivity contribution is 5.90. The molecule has 4 rings (SSSR count). The third kappa shape index (κ3) is 4.30. The first-order valence-electron chi connectivity index (χ1n) is 10.2. The number of alkyl halides is 3. The molecule has 0 radical (unpaired) electrons. The van der Waals surface area contributed by atoms with Crippen LogP contribution in [0.5, 0.6) is 0 Å². The van der Waals surface area contributed by atoms with Crippen LogP contribution < -0.4 is 10.2 Å². The molecule has 1 aliphatic rings. The van der Waals surface area contributed by atoms with Gasteiger partial charge < -0.3 is 14.6 Å². The van der Waals surface area contributed by atoms with Crippen LogP contribution in [0.4, 0.5) is 24.7 Å². The van der Waals surface area contributed by atoms with E-state index < -0.39 is 11.7 Å². The average molecular weight is 445 g/mol. The molecule has 0 aromatic carbocycles. The number of oxazole rings is 1. The second kappa shape index (κ2) is 8.60. The van der Waals surface area contributed by atoms with E-state index >= 15 is 0 Å². The summed E-state index contributed by atoms with van der Waals surface area (Å²) in [6, 6.07) is 4.13. The van der Waals surface area contributed by atoms with E-state index in [4.69, 9.17) is 4.42 Å². The Morgan fingerprint density at radius 1 is 1.28 bits per heavy atom. The van der Waals surface area contributed by atoms with Crippen molar-refractivity contribution in [2.75, 3.05) is 16.8 Å². The second-order valence-electron chi connectivity index (χ2n) is 7.76. The van der Waals surface area contributed by atoms with Crippen LogP contribution in [0.25, 0.3) is 11.5 Å². The van der Waals surface area contributed by atoms with Gasteiger partial charge in [0.25, 0.3) is 0 Å². The zero-order valence-corrected chi connectivity index (χ0v) is 17.6. The van der Waals surface area contributed by atoms with Crippen LogP contribution in [0.3, 0.4) is 0 Å². The predicted molar refractivity (Wildman–Crippen MR) is 113 cm³/mol. The number of rotatable bonds is 5. The standard InChI is InChI=1S/C22H22F3N5O2/c1-13-10-18(20(17(12-31)28-13)21-26-7-9-32-21)30-8-3-4-16(14(30)2)29-19-6-5-15(11-27-19)22(23,24)25/h5-7,9-12,14,16H,3-4,8H2,1-2H3,(H,27,29)/t14-,16+/m0/s1. The summed E-state index contributed by atoms with van der Waals surface area (Å²) in [5.74, 6) is 0.686. The van der Waals surface area contributed by atoms with Crippen molar-refractivity contribution in [3.63, 3.8) is 0 Å². The molecule has 3 aromatic heterocycles. The molecular formula is C22H22F3N5O2. The molecular weight excluding hydrogens is 423 g/mol. The van der Waals surface area contributed by atoms with Crippen molar-refractivity contribution in [3.05, 3.63) is 53.8 Å². The van der Waals surface area contributed by atoms with Gasteiger partial charge in [-0.25, -0.2) is 15.0 Å². The van der Waals surface area contributed by atoms with Gasteiger partial charge in [0.2, 0.25) is 5.89 Å². The Kier molecular flexibility index (Phi) is 5.86. The number of halogens is 3. The molecule has 0 spiro atoms. The maximum atomic E-state index is 12.8. The highest BCUT2D eigenvalue weighted by Crippen LogP contribution is 2.36.